The minimum atomic E-state index is -0.864. The van der Waals surface area contributed by atoms with Crippen molar-refractivity contribution >= 4 is 50.4 Å². The largest absolute Gasteiger partial charge is 0.493 e. The van der Waals surface area contributed by atoms with E-state index in [-0.39, 0.29) is 0 Å². The number of carbonyl (C=O) groups excluding carboxylic acids is 2. The van der Waals surface area contributed by atoms with Crippen LogP contribution < -0.4 is 15.5 Å². The number of nitrogens with zero attached hydrogens (tertiary/aromatic N) is 1. The van der Waals surface area contributed by atoms with Crippen LogP contribution in [0.25, 0.3) is 10.8 Å². The molecule has 0 aliphatic rings. The second-order valence-electron chi connectivity index (χ2n) is 5.80. The Labute approximate surface area is 170 Å². The van der Waals surface area contributed by atoms with E-state index in [0.29, 0.717) is 23.6 Å². The number of amides is 2. The number of ether oxygens (including phenoxy) is 1. The molecule has 3 aromatic carbocycles. The molecule has 0 aliphatic carbocycles. The Balaban J connectivity index is 1.67. The Morgan fingerprint density at radius 1 is 1.07 bits per heavy atom. The standard InChI is InChI=1S/C21H18BrN3O3/c1-2-28-19-11-10-16(22)12-15(19)13-23-25-21(27)20(26)24-18-9-5-7-14-6-3-4-8-17(14)18/h3-13H,2H2,1H3,(H,24,26)(H,25,27). The molecule has 0 aromatic heterocycles. The molecule has 6 nitrogen and oxygen atoms in total. The van der Waals surface area contributed by atoms with Crippen LogP contribution in [0, 0.1) is 0 Å². The Hall–Kier alpha value is -3.19. The first-order valence-corrected chi connectivity index (χ1v) is 9.42. The van der Waals surface area contributed by atoms with Gasteiger partial charge in [0.25, 0.3) is 0 Å². The van der Waals surface area contributed by atoms with Crippen molar-refractivity contribution in [3.8, 4) is 5.75 Å². The zero-order valence-corrected chi connectivity index (χ0v) is 16.7. The highest BCUT2D eigenvalue weighted by atomic mass is 79.9. The van der Waals surface area contributed by atoms with Crippen LogP contribution in [0.5, 0.6) is 5.75 Å². The van der Waals surface area contributed by atoms with Gasteiger partial charge in [-0.1, -0.05) is 52.3 Å². The van der Waals surface area contributed by atoms with Crippen LogP contribution in [0.15, 0.2) is 70.2 Å². The number of nitrogens with one attached hydrogen (secondary N) is 2. The molecular formula is C21H18BrN3O3. The summed E-state index contributed by atoms with van der Waals surface area (Å²) in [5.74, 6) is -1.03. The van der Waals surface area contributed by atoms with Gasteiger partial charge in [-0.25, -0.2) is 5.43 Å². The van der Waals surface area contributed by atoms with E-state index in [0.717, 1.165) is 15.2 Å². The smallest absolute Gasteiger partial charge is 0.329 e. The van der Waals surface area contributed by atoms with Gasteiger partial charge >= 0.3 is 11.8 Å². The lowest BCUT2D eigenvalue weighted by molar-refractivity contribution is -0.136. The average molecular weight is 440 g/mol. The van der Waals surface area contributed by atoms with Crippen molar-refractivity contribution in [3.63, 3.8) is 0 Å². The van der Waals surface area contributed by atoms with Crippen molar-refractivity contribution in [3.05, 3.63) is 70.7 Å². The molecule has 2 N–H and O–H groups in total. The van der Waals surface area contributed by atoms with E-state index in [9.17, 15) is 9.59 Å². The first-order valence-electron chi connectivity index (χ1n) is 8.63. The number of rotatable bonds is 5. The van der Waals surface area contributed by atoms with Crippen molar-refractivity contribution in [2.75, 3.05) is 11.9 Å². The summed E-state index contributed by atoms with van der Waals surface area (Å²) in [7, 11) is 0. The molecule has 0 aliphatic heterocycles. The van der Waals surface area contributed by atoms with Crippen molar-refractivity contribution in [2.45, 2.75) is 6.92 Å². The van der Waals surface area contributed by atoms with Crippen LogP contribution in [0.1, 0.15) is 12.5 Å². The molecule has 3 aromatic rings. The zero-order valence-electron chi connectivity index (χ0n) is 15.1. The van der Waals surface area contributed by atoms with Crippen LogP contribution in [0.3, 0.4) is 0 Å². The fourth-order valence-electron chi connectivity index (χ4n) is 2.63. The molecule has 2 amide bonds. The topological polar surface area (TPSA) is 79.8 Å². The van der Waals surface area contributed by atoms with Crippen LogP contribution in [0.4, 0.5) is 5.69 Å². The quantitative estimate of drug-likeness (QED) is 0.356. The van der Waals surface area contributed by atoms with E-state index < -0.39 is 11.8 Å². The fraction of sp³-hybridized carbons (Fsp3) is 0.0952. The van der Waals surface area contributed by atoms with Gasteiger partial charge in [-0.3, -0.25) is 9.59 Å². The number of benzene rings is 3. The highest BCUT2D eigenvalue weighted by Gasteiger charge is 2.14. The number of anilines is 1. The summed E-state index contributed by atoms with van der Waals surface area (Å²) < 4.78 is 6.36. The molecule has 3 rings (SSSR count). The van der Waals surface area contributed by atoms with Crippen molar-refractivity contribution in [2.24, 2.45) is 5.10 Å². The van der Waals surface area contributed by atoms with Gasteiger partial charge in [-0.05, 0) is 36.6 Å². The molecule has 142 valence electrons. The lowest BCUT2D eigenvalue weighted by Gasteiger charge is -2.08. The fourth-order valence-corrected chi connectivity index (χ4v) is 3.01. The zero-order chi connectivity index (χ0) is 19.9. The molecule has 0 radical (unpaired) electrons. The summed E-state index contributed by atoms with van der Waals surface area (Å²) in [5, 5.41) is 8.30. The summed E-state index contributed by atoms with van der Waals surface area (Å²) in [6.07, 6.45) is 1.43. The van der Waals surface area contributed by atoms with Gasteiger partial charge in [0.1, 0.15) is 5.75 Å². The van der Waals surface area contributed by atoms with E-state index >= 15 is 0 Å². The molecule has 0 atom stereocenters. The summed E-state index contributed by atoms with van der Waals surface area (Å²) in [6.45, 7) is 2.38. The highest BCUT2D eigenvalue weighted by molar-refractivity contribution is 9.10. The monoisotopic (exact) mass is 439 g/mol. The number of hydrogen-bond donors (Lipinski definition) is 2. The van der Waals surface area contributed by atoms with Crippen molar-refractivity contribution in [1.82, 2.24) is 5.43 Å². The minimum absolute atomic E-state index is 0.502. The first kappa shape index (κ1) is 19.6. The van der Waals surface area contributed by atoms with Gasteiger partial charge in [0.2, 0.25) is 0 Å². The van der Waals surface area contributed by atoms with Crippen molar-refractivity contribution < 1.29 is 14.3 Å². The molecule has 0 spiro atoms. The average Bonchev–Trinajstić information content (AvgIpc) is 2.70. The first-order chi connectivity index (χ1) is 13.6. The molecule has 0 saturated heterocycles. The highest BCUT2D eigenvalue weighted by Crippen LogP contribution is 2.23. The third-order valence-corrected chi connectivity index (χ3v) is 4.38. The predicted octanol–water partition coefficient (Wildman–Crippen LogP) is 4.09. The molecule has 7 heteroatoms. The second kappa shape index (κ2) is 9.14. The SMILES string of the molecule is CCOc1ccc(Br)cc1C=NNC(=O)C(=O)Nc1cccc2ccccc12. The third kappa shape index (κ3) is 4.75. The molecule has 0 saturated carbocycles. The molecule has 0 fully saturated rings. The maximum Gasteiger partial charge on any atom is 0.329 e. The number of carbonyl (C=O) groups is 2. The maximum atomic E-state index is 12.2. The van der Waals surface area contributed by atoms with Gasteiger partial charge < -0.3 is 10.1 Å². The third-order valence-electron chi connectivity index (χ3n) is 3.89. The lowest BCUT2D eigenvalue weighted by atomic mass is 10.1. The molecule has 0 unspecified atom stereocenters. The summed E-state index contributed by atoms with van der Waals surface area (Å²) >= 11 is 3.38. The van der Waals surface area contributed by atoms with E-state index in [1.54, 1.807) is 18.2 Å². The van der Waals surface area contributed by atoms with Crippen LogP contribution in [-0.4, -0.2) is 24.6 Å². The molecule has 0 bridgehead atoms. The maximum absolute atomic E-state index is 12.2. The normalized spacial score (nSPS) is 10.8. The molecule has 28 heavy (non-hydrogen) atoms. The predicted molar refractivity (Wildman–Crippen MR) is 114 cm³/mol. The number of fused-ring (bicyclic) bond motifs is 1. The second-order valence-corrected chi connectivity index (χ2v) is 6.71. The Bertz CT molecular complexity index is 1040. The lowest BCUT2D eigenvalue weighted by Crippen LogP contribution is -2.32. The van der Waals surface area contributed by atoms with Gasteiger partial charge in [0.15, 0.2) is 0 Å². The van der Waals surface area contributed by atoms with Crippen LogP contribution >= 0.6 is 15.9 Å². The summed E-state index contributed by atoms with van der Waals surface area (Å²) in [4.78, 5) is 24.3. The van der Waals surface area contributed by atoms with Crippen LogP contribution in [-0.2, 0) is 9.59 Å². The number of hydrazone groups is 1. The molecular weight excluding hydrogens is 422 g/mol. The Morgan fingerprint density at radius 2 is 1.86 bits per heavy atom. The number of hydrogen-bond acceptors (Lipinski definition) is 4. The van der Waals surface area contributed by atoms with Gasteiger partial charge in [0, 0.05) is 21.1 Å². The van der Waals surface area contributed by atoms with E-state index in [1.807, 2.05) is 49.4 Å². The summed E-state index contributed by atoms with van der Waals surface area (Å²) in [6, 6.07) is 18.5. The van der Waals surface area contributed by atoms with Gasteiger partial charge in [-0.2, -0.15) is 5.10 Å². The minimum Gasteiger partial charge on any atom is -0.493 e. The Kier molecular flexibility index (Phi) is 6.39. The Morgan fingerprint density at radius 3 is 2.68 bits per heavy atom. The van der Waals surface area contributed by atoms with E-state index in [2.05, 4.69) is 31.8 Å². The van der Waals surface area contributed by atoms with E-state index in [4.69, 9.17) is 4.74 Å². The van der Waals surface area contributed by atoms with Gasteiger partial charge in [0.05, 0.1) is 12.8 Å². The van der Waals surface area contributed by atoms with Crippen LogP contribution in [0.2, 0.25) is 0 Å². The molecule has 0 heterocycles. The summed E-state index contributed by atoms with van der Waals surface area (Å²) in [5.41, 5.74) is 3.47. The van der Waals surface area contributed by atoms with E-state index in [1.165, 1.54) is 6.21 Å². The van der Waals surface area contributed by atoms with Crippen molar-refractivity contribution in [1.29, 1.82) is 0 Å². The number of halogens is 1. The van der Waals surface area contributed by atoms with Gasteiger partial charge in [-0.15, -0.1) is 0 Å².